The van der Waals surface area contributed by atoms with Crippen molar-refractivity contribution in [3.05, 3.63) is 65.0 Å². The Morgan fingerprint density at radius 2 is 1.92 bits per heavy atom. The Morgan fingerprint density at radius 1 is 1.16 bits per heavy atom. The van der Waals surface area contributed by atoms with Crippen molar-refractivity contribution in [1.29, 1.82) is 0 Å². The molecule has 1 atom stereocenters. The van der Waals surface area contributed by atoms with Gasteiger partial charge in [-0.2, -0.15) is 0 Å². The van der Waals surface area contributed by atoms with Gasteiger partial charge in [-0.3, -0.25) is 9.36 Å². The minimum Gasteiger partial charge on any atom is -0.486 e. The summed E-state index contributed by atoms with van der Waals surface area (Å²) in [7, 11) is 1.30. The van der Waals surface area contributed by atoms with Crippen LogP contribution in [-0.4, -0.2) is 47.0 Å². The van der Waals surface area contributed by atoms with Gasteiger partial charge < -0.3 is 25.3 Å². The maximum Gasteiger partial charge on any atom is 0.341 e. The molecular weight excluding hydrogens is 526 g/mol. The van der Waals surface area contributed by atoms with E-state index in [0.29, 0.717) is 46.2 Å². The molecule has 3 N–H and O–H groups in total. The van der Waals surface area contributed by atoms with Gasteiger partial charge in [-0.25, -0.2) is 4.79 Å². The first-order valence-electron chi connectivity index (χ1n) is 11.7. The predicted octanol–water partition coefficient (Wildman–Crippen LogP) is 4.64. The third-order valence-corrected chi connectivity index (χ3v) is 7.85. The molecule has 0 radical (unpaired) electrons. The van der Waals surface area contributed by atoms with Gasteiger partial charge in [0.25, 0.3) is 0 Å². The van der Waals surface area contributed by atoms with Gasteiger partial charge in [-0.15, -0.1) is 21.5 Å². The smallest absolute Gasteiger partial charge is 0.341 e. The third kappa shape index (κ3) is 5.18. The van der Waals surface area contributed by atoms with Crippen molar-refractivity contribution >= 4 is 45.9 Å². The van der Waals surface area contributed by atoms with Crippen LogP contribution in [0.5, 0.6) is 11.5 Å². The first kappa shape index (κ1) is 25.6. The molecule has 1 unspecified atom stereocenters. The Hall–Kier alpha value is -4.03. The lowest BCUT2D eigenvalue weighted by atomic mass is 10.0. The van der Waals surface area contributed by atoms with Crippen molar-refractivity contribution in [2.45, 2.75) is 23.9 Å². The van der Waals surface area contributed by atoms with E-state index in [9.17, 15) is 9.59 Å². The van der Waals surface area contributed by atoms with Crippen LogP contribution in [0.1, 0.15) is 28.9 Å². The van der Waals surface area contributed by atoms with Crippen LogP contribution in [0.4, 0.5) is 10.9 Å². The lowest BCUT2D eigenvalue weighted by molar-refractivity contribution is -0.118. The zero-order chi connectivity index (χ0) is 26.6. The number of thioether (sulfide) groups is 1. The number of carbonyl (C=O) groups is 2. The summed E-state index contributed by atoms with van der Waals surface area (Å²) in [5.41, 5.74) is 8.80. The first-order chi connectivity index (χ1) is 18.5. The lowest BCUT2D eigenvalue weighted by Crippen LogP contribution is -2.25. The lowest BCUT2D eigenvalue weighted by Gasteiger charge is -2.19. The number of aromatic nitrogens is 3. The summed E-state index contributed by atoms with van der Waals surface area (Å²) in [5, 5.41) is 13.7. The van der Waals surface area contributed by atoms with Crippen molar-refractivity contribution in [2.75, 3.05) is 31.4 Å². The SMILES string of the molecule is COC(=O)c1c(-c2ccc3c(c2)OCCO3)csc1NC(=O)C(C)n1c(N)nnc1SCc1ccccc1. The molecule has 38 heavy (non-hydrogen) atoms. The van der Waals surface area contributed by atoms with Crippen molar-refractivity contribution in [1.82, 2.24) is 14.8 Å². The fraction of sp³-hybridized carbons (Fsp3) is 0.231. The van der Waals surface area contributed by atoms with Crippen LogP contribution < -0.4 is 20.5 Å². The van der Waals surface area contributed by atoms with Gasteiger partial charge in [-0.05, 0) is 30.2 Å². The summed E-state index contributed by atoms with van der Waals surface area (Å²) in [4.78, 5) is 26.2. The molecule has 0 bridgehead atoms. The van der Waals surface area contributed by atoms with Crippen LogP contribution in [0.15, 0.2) is 59.1 Å². The molecule has 0 saturated heterocycles. The second-order valence-corrected chi connectivity index (χ2v) is 10.2. The maximum absolute atomic E-state index is 13.4. The van der Waals surface area contributed by atoms with E-state index < -0.39 is 12.0 Å². The van der Waals surface area contributed by atoms with Crippen molar-refractivity contribution in [2.24, 2.45) is 0 Å². The number of anilines is 2. The van der Waals surface area contributed by atoms with Crippen LogP contribution in [0, 0.1) is 0 Å². The number of rotatable bonds is 8. The van der Waals surface area contributed by atoms with E-state index in [0.717, 1.165) is 11.1 Å². The van der Waals surface area contributed by atoms with Gasteiger partial charge in [0.2, 0.25) is 11.9 Å². The Labute approximate surface area is 227 Å². The van der Waals surface area contributed by atoms with Crippen molar-refractivity contribution in [3.63, 3.8) is 0 Å². The zero-order valence-corrected chi connectivity index (χ0v) is 22.3. The van der Waals surface area contributed by atoms with Crippen LogP contribution in [0.2, 0.25) is 0 Å². The molecule has 0 saturated carbocycles. The number of hydrogen-bond donors (Lipinski definition) is 2. The quantitative estimate of drug-likeness (QED) is 0.238. The Morgan fingerprint density at radius 3 is 2.68 bits per heavy atom. The van der Waals surface area contributed by atoms with Gasteiger partial charge in [-0.1, -0.05) is 48.2 Å². The average Bonchev–Trinajstić information content (AvgIpc) is 3.54. The summed E-state index contributed by atoms with van der Waals surface area (Å²) in [6, 6.07) is 14.6. The number of nitrogens with two attached hydrogens (primary N) is 1. The van der Waals surface area contributed by atoms with Crippen LogP contribution in [0.25, 0.3) is 11.1 Å². The highest BCUT2D eigenvalue weighted by Gasteiger charge is 2.27. The number of esters is 1. The second kappa shape index (κ2) is 11.2. The highest BCUT2D eigenvalue weighted by atomic mass is 32.2. The molecule has 1 amide bonds. The fourth-order valence-electron chi connectivity index (χ4n) is 3.98. The van der Waals surface area contributed by atoms with E-state index in [-0.39, 0.29) is 17.4 Å². The van der Waals surface area contributed by atoms with E-state index in [4.69, 9.17) is 19.9 Å². The molecule has 1 aliphatic rings. The summed E-state index contributed by atoms with van der Waals surface area (Å²) < 4.78 is 17.9. The zero-order valence-electron chi connectivity index (χ0n) is 20.7. The molecule has 3 heterocycles. The number of nitrogens with zero attached hydrogens (tertiary/aromatic N) is 3. The summed E-state index contributed by atoms with van der Waals surface area (Å²) in [6.07, 6.45) is 0. The second-order valence-electron chi connectivity index (χ2n) is 8.35. The van der Waals surface area contributed by atoms with Gasteiger partial charge >= 0.3 is 5.97 Å². The molecule has 0 fully saturated rings. The molecule has 196 valence electrons. The molecule has 2 aromatic heterocycles. The van der Waals surface area contributed by atoms with Gasteiger partial charge in [0, 0.05) is 16.7 Å². The first-order valence-corrected chi connectivity index (χ1v) is 13.6. The molecule has 1 aliphatic heterocycles. The number of nitrogens with one attached hydrogen (secondary N) is 1. The topological polar surface area (TPSA) is 131 Å². The summed E-state index contributed by atoms with van der Waals surface area (Å²) >= 11 is 2.66. The van der Waals surface area contributed by atoms with Crippen molar-refractivity contribution in [3.8, 4) is 22.6 Å². The number of fused-ring (bicyclic) bond motifs is 1. The van der Waals surface area contributed by atoms with E-state index in [1.165, 1.54) is 30.2 Å². The molecule has 12 heteroatoms. The average molecular weight is 552 g/mol. The highest BCUT2D eigenvalue weighted by molar-refractivity contribution is 7.98. The molecule has 0 aliphatic carbocycles. The van der Waals surface area contributed by atoms with E-state index in [1.54, 1.807) is 22.9 Å². The largest absolute Gasteiger partial charge is 0.486 e. The minimum atomic E-state index is -0.742. The van der Waals surface area contributed by atoms with Gasteiger partial charge in [0.15, 0.2) is 16.7 Å². The molecule has 4 aromatic rings. The van der Waals surface area contributed by atoms with Crippen molar-refractivity contribution < 1.29 is 23.8 Å². The monoisotopic (exact) mass is 551 g/mol. The minimum absolute atomic E-state index is 0.125. The summed E-state index contributed by atoms with van der Waals surface area (Å²) in [5.74, 6) is 1.06. The van der Waals surface area contributed by atoms with E-state index in [2.05, 4.69) is 15.5 Å². The molecule has 2 aromatic carbocycles. The van der Waals surface area contributed by atoms with Gasteiger partial charge in [0.05, 0.1) is 7.11 Å². The Bertz CT molecular complexity index is 1470. The van der Waals surface area contributed by atoms with Crippen LogP contribution in [-0.2, 0) is 15.3 Å². The standard InChI is InChI=1S/C26H25N5O5S2/c1-15(31-25(27)29-30-26(31)38-13-16-6-4-3-5-7-16)22(32)28-23-21(24(33)34-2)18(14-37-23)17-8-9-19-20(12-17)36-11-10-35-19/h3-9,12,14-15H,10-11,13H2,1-2H3,(H2,27,29)(H,28,32). The number of amides is 1. The van der Waals surface area contributed by atoms with Crippen LogP contribution >= 0.6 is 23.1 Å². The normalized spacial score (nSPS) is 13.1. The maximum atomic E-state index is 13.4. The Balaban J connectivity index is 1.39. The molecule has 5 rings (SSSR count). The van der Waals surface area contributed by atoms with E-state index in [1.807, 2.05) is 42.5 Å². The molecular formula is C26H25N5O5S2. The number of carbonyl (C=O) groups excluding carboxylic acids is 2. The highest BCUT2D eigenvalue weighted by Crippen LogP contribution is 2.40. The number of ether oxygens (including phenoxy) is 3. The number of methoxy groups -OCH3 is 1. The summed E-state index contributed by atoms with van der Waals surface area (Å²) in [6.45, 7) is 2.63. The number of thiophene rings is 1. The predicted molar refractivity (Wildman–Crippen MR) is 146 cm³/mol. The number of nitrogen functional groups attached to an aromatic ring is 1. The Kier molecular flexibility index (Phi) is 7.52. The number of benzene rings is 2. The molecule has 0 spiro atoms. The van der Waals surface area contributed by atoms with E-state index >= 15 is 0 Å². The third-order valence-electron chi connectivity index (χ3n) is 5.94. The number of hydrogen-bond acceptors (Lipinski definition) is 10. The van der Waals surface area contributed by atoms with Gasteiger partial charge in [0.1, 0.15) is 29.8 Å². The molecule has 10 nitrogen and oxygen atoms in total. The van der Waals surface area contributed by atoms with Crippen LogP contribution in [0.3, 0.4) is 0 Å². The fourth-order valence-corrected chi connectivity index (χ4v) is 5.92.